The average molecular weight is 237 g/mol. The summed E-state index contributed by atoms with van der Waals surface area (Å²) in [6.07, 6.45) is 3.43. The second kappa shape index (κ2) is 6.87. The van der Waals surface area contributed by atoms with Crippen molar-refractivity contribution in [3.8, 4) is 0 Å². The first-order valence-corrected chi connectivity index (χ1v) is 6.90. The van der Waals surface area contributed by atoms with Gasteiger partial charge in [0.25, 0.3) is 0 Å². The van der Waals surface area contributed by atoms with Crippen LogP contribution in [0.2, 0.25) is 0 Å². The normalized spacial score (nSPS) is 12.4. The molecule has 0 unspecified atom stereocenters. The largest absolute Gasteiger partial charge is 0.313 e. The smallest absolute Gasteiger partial charge is 0.0273 e. The summed E-state index contributed by atoms with van der Waals surface area (Å²) < 4.78 is 0. The lowest BCUT2D eigenvalue weighted by Crippen LogP contribution is -2.21. The van der Waals surface area contributed by atoms with Gasteiger partial charge in [-0.3, -0.25) is 0 Å². The van der Waals surface area contributed by atoms with Gasteiger partial charge in [0, 0.05) is 16.3 Å². The van der Waals surface area contributed by atoms with Crippen LogP contribution in [-0.4, -0.2) is 13.1 Å². The number of hydrogen-bond acceptors (Lipinski definition) is 2. The highest BCUT2D eigenvalue weighted by atomic mass is 32.1. The molecule has 0 amide bonds. The number of thiophene rings is 1. The molecule has 90 valence electrons. The van der Waals surface area contributed by atoms with Crippen LogP contribution in [0, 0.1) is 5.92 Å². The first kappa shape index (κ1) is 13.5. The van der Waals surface area contributed by atoms with Gasteiger partial charge in [0.05, 0.1) is 0 Å². The fourth-order valence-corrected chi connectivity index (χ4v) is 2.49. The Kier molecular flexibility index (Phi) is 5.78. The van der Waals surface area contributed by atoms with E-state index in [-0.39, 0.29) is 0 Å². The third kappa shape index (κ3) is 4.95. The molecule has 0 aliphatic carbocycles. The van der Waals surface area contributed by atoms with Gasteiger partial charge in [0.2, 0.25) is 0 Å². The average Bonchev–Trinajstić information content (AvgIpc) is 2.65. The topological polar surface area (TPSA) is 12.0 Å². The van der Waals surface area contributed by atoms with Crippen LogP contribution in [0.5, 0.6) is 0 Å². The molecule has 1 aromatic rings. The number of nitrogens with one attached hydrogen (secondary N) is 1. The van der Waals surface area contributed by atoms with Gasteiger partial charge in [0.15, 0.2) is 0 Å². The van der Waals surface area contributed by atoms with E-state index in [0.717, 1.165) is 25.4 Å². The maximum atomic E-state index is 3.46. The summed E-state index contributed by atoms with van der Waals surface area (Å²) in [5.74, 6) is 0.723. The maximum absolute atomic E-state index is 3.46. The maximum Gasteiger partial charge on any atom is 0.0273 e. The minimum Gasteiger partial charge on any atom is -0.313 e. The molecule has 1 nitrogen and oxygen atoms in total. The van der Waals surface area contributed by atoms with Gasteiger partial charge in [-0.1, -0.05) is 26.3 Å². The lowest BCUT2D eigenvalue weighted by molar-refractivity contribution is 0.572. The Bertz CT molecular complexity index is 336. The van der Waals surface area contributed by atoms with Gasteiger partial charge in [-0.25, -0.2) is 0 Å². The summed E-state index contributed by atoms with van der Waals surface area (Å²) in [5.41, 5.74) is 1.41. The molecule has 1 rings (SSSR count). The second-order valence-corrected chi connectivity index (χ2v) is 5.87. The van der Waals surface area contributed by atoms with E-state index in [0.29, 0.717) is 0 Å². The fraction of sp³-hybridized carbons (Fsp3) is 0.571. The second-order valence-electron chi connectivity index (χ2n) is 4.67. The van der Waals surface area contributed by atoms with Gasteiger partial charge in [-0.2, -0.15) is 0 Å². The van der Waals surface area contributed by atoms with Crippen LogP contribution in [0.1, 0.15) is 37.4 Å². The Balaban J connectivity index is 2.43. The van der Waals surface area contributed by atoms with Crippen LogP contribution in [0.15, 0.2) is 17.7 Å². The molecular formula is C14H23NS. The molecule has 0 spiro atoms. The van der Waals surface area contributed by atoms with Crippen molar-refractivity contribution in [2.45, 2.75) is 34.1 Å². The van der Waals surface area contributed by atoms with Crippen molar-refractivity contribution in [1.82, 2.24) is 5.32 Å². The van der Waals surface area contributed by atoms with Crippen molar-refractivity contribution in [2.24, 2.45) is 5.92 Å². The molecule has 0 fully saturated rings. The zero-order valence-corrected chi connectivity index (χ0v) is 11.7. The SMILES string of the molecule is CCc1ccc(C=C(C)CNCC(C)C)s1. The standard InChI is InChI=1S/C14H23NS/c1-5-13-6-7-14(16-13)8-12(4)10-15-9-11(2)3/h6-8,11,15H,5,9-10H2,1-4H3. The summed E-state index contributed by atoms with van der Waals surface area (Å²) >= 11 is 1.90. The Morgan fingerprint density at radius 1 is 1.44 bits per heavy atom. The monoisotopic (exact) mass is 237 g/mol. The van der Waals surface area contributed by atoms with Crippen molar-refractivity contribution in [2.75, 3.05) is 13.1 Å². The van der Waals surface area contributed by atoms with Gasteiger partial charge >= 0.3 is 0 Å². The van der Waals surface area contributed by atoms with E-state index in [1.807, 2.05) is 11.3 Å². The van der Waals surface area contributed by atoms with Crippen LogP contribution in [0.4, 0.5) is 0 Å². The molecular weight excluding hydrogens is 214 g/mol. The fourth-order valence-electron chi connectivity index (χ4n) is 1.51. The molecule has 1 heterocycles. The minimum absolute atomic E-state index is 0.723. The molecule has 16 heavy (non-hydrogen) atoms. The lowest BCUT2D eigenvalue weighted by Gasteiger charge is -2.07. The summed E-state index contributed by atoms with van der Waals surface area (Å²) in [6, 6.07) is 4.45. The quantitative estimate of drug-likeness (QED) is 0.789. The molecule has 1 N–H and O–H groups in total. The zero-order chi connectivity index (χ0) is 12.0. The third-order valence-electron chi connectivity index (χ3n) is 2.38. The predicted molar refractivity (Wildman–Crippen MR) is 75.1 cm³/mol. The number of rotatable bonds is 6. The Morgan fingerprint density at radius 3 is 2.75 bits per heavy atom. The molecule has 0 saturated carbocycles. The molecule has 0 bridgehead atoms. The van der Waals surface area contributed by atoms with Gasteiger partial charge in [-0.05, 0) is 44.0 Å². The van der Waals surface area contributed by atoms with Gasteiger partial charge < -0.3 is 5.32 Å². The Morgan fingerprint density at radius 2 is 2.19 bits per heavy atom. The summed E-state index contributed by atoms with van der Waals surface area (Å²) in [7, 11) is 0. The van der Waals surface area contributed by atoms with Gasteiger partial charge in [0.1, 0.15) is 0 Å². The van der Waals surface area contributed by atoms with E-state index < -0.39 is 0 Å². The van der Waals surface area contributed by atoms with E-state index in [2.05, 4.69) is 51.2 Å². The highest BCUT2D eigenvalue weighted by Crippen LogP contribution is 2.19. The van der Waals surface area contributed by atoms with Crippen molar-refractivity contribution in [3.05, 3.63) is 27.5 Å². The summed E-state index contributed by atoms with van der Waals surface area (Å²) in [6.45, 7) is 11.0. The van der Waals surface area contributed by atoms with Crippen molar-refractivity contribution >= 4 is 17.4 Å². The number of aryl methyl sites for hydroxylation is 1. The molecule has 1 aromatic heterocycles. The molecule has 0 aliphatic heterocycles. The van der Waals surface area contributed by atoms with E-state index in [1.54, 1.807) is 0 Å². The van der Waals surface area contributed by atoms with Crippen LogP contribution in [-0.2, 0) is 6.42 Å². The Labute approximate surface area is 104 Å². The third-order valence-corrected chi connectivity index (χ3v) is 3.55. The molecule has 0 radical (unpaired) electrons. The van der Waals surface area contributed by atoms with Crippen LogP contribution in [0.3, 0.4) is 0 Å². The van der Waals surface area contributed by atoms with Crippen LogP contribution >= 0.6 is 11.3 Å². The minimum atomic E-state index is 0.723. The summed E-state index contributed by atoms with van der Waals surface area (Å²) in [4.78, 5) is 2.84. The molecule has 0 aliphatic rings. The van der Waals surface area contributed by atoms with Crippen molar-refractivity contribution in [1.29, 1.82) is 0 Å². The van der Waals surface area contributed by atoms with Crippen molar-refractivity contribution in [3.63, 3.8) is 0 Å². The highest BCUT2D eigenvalue weighted by Gasteiger charge is 1.97. The summed E-state index contributed by atoms with van der Waals surface area (Å²) in [5, 5.41) is 3.46. The molecule has 0 atom stereocenters. The predicted octanol–water partition coefficient (Wildman–Crippen LogP) is 3.96. The first-order valence-electron chi connectivity index (χ1n) is 6.08. The van der Waals surface area contributed by atoms with E-state index in [4.69, 9.17) is 0 Å². The molecule has 0 aromatic carbocycles. The molecule has 2 heteroatoms. The van der Waals surface area contributed by atoms with Crippen LogP contribution < -0.4 is 5.32 Å². The molecule has 0 saturated heterocycles. The zero-order valence-electron chi connectivity index (χ0n) is 10.8. The van der Waals surface area contributed by atoms with E-state index in [9.17, 15) is 0 Å². The Hall–Kier alpha value is -0.600. The first-order chi connectivity index (χ1) is 7.61. The van der Waals surface area contributed by atoms with Crippen LogP contribution in [0.25, 0.3) is 6.08 Å². The van der Waals surface area contributed by atoms with E-state index >= 15 is 0 Å². The van der Waals surface area contributed by atoms with E-state index in [1.165, 1.54) is 15.3 Å². The highest BCUT2D eigenvalue weighted by molar-refractivity contribution is 7.12. The van der Waals surface area contributed by atoms with Crippen molar-refractivity contribution < 1.29 is 0 Å². The number of hydrogen-bond donors (Lipinski definition) is 1. The van der Waals surface area contributed by atoms with Gasteiger partial charge in [-0.15, -0.1) is 11.3 Å². The lowest BCUT2D eigenvalue weighted by atomic mass is 10.2.